The van der Waals surface area contributed by atoms with Gasteiger partial charge in [-0.15, -0.1) is 0 Å². The number of amides is 2. The molecule has 1 aliphatic carbocycles. The highest BCUT2D eigenvalue weighted by molar-refractivity contribution is 5.87. The second-order valence-electron chi connectivity index (χ2n) is 8.44. The lowest BCUT2D eigenvalue weighted by atomic mass is 10.1. The van der Waals surface area contributed by atoms with Crippen molar-refractivity contribution in [3.8, 4) is 0 Å². The van der Waals surface area contributed by atoms with Gasteiger partial charge in [-0.25, -0.2) is 0 Å². The summed E-state index contributed by atoms with van der Waals surface area (Å²) in [5, 5.41) is 1.20. The molecule has 31 heavy (non-hydrogen) atoms. The molecular weight excluding hydrogens is 386 g/mol. The summed E-state index contributed by atoms with van der Waals surface area (Å²) in [4.78, 5) is 33.0. The first kappa shape index (κ1) is 21.2. The molecule has 1 heterocycles. The molecule has 0 bridgehead atoms. The zero-order valence-electron chi connectivity index (χ0n) is 18.2. The molecule has 0 unspecified atom stereocenters. The van der Waals surface area contributed by atoms with E-state index in [1.165, 1.54) is 10.9 Å². The van der Waals surface area contributed by atoms with Crippen molar-refractivity contribution in [3.63, 3.8) is 0 Å². The molecule has 2 amide bonds. The number of carbonyl (C=O) groups is 2. The Morgan fingerprint density at radius 3 is 2.45 bits per heavy atom. The molecule has 0 radical (unpaired) electrons. The van der Waals surface area contributed by atoms with Crippen molar-refractivity contribution in [3.05, 3.63) is 71.9 Å². The van der Waals surface area contributed by atoms with Crippen LogP contribution in [0, 0.1) is 5.92 Å². The van der Waals surface area contributed by atoms with Crippen molar-refractivity contribution >= 4 is 22.7 Å². The van der Waals surface area contributed by atoms with Crippen molar-refractivity contribution < 1.29 is 9.59 Å². The number of carbonyl (C=O) groups excluding carboxylic acids is 2. The summed E-state index contributed by atoms with van der Waals surface area (Å²) in [6.07, 6.45) is 5.59. The number of H-pyrrole nitrogens is 1. The SMILES string of the molecule is CCCN(CC(=O)N(CCc1c[nH]c2ccccc12)Cc1ccccc1)C(=O)C1CC1. The number of nitrogens with zero attached hydrogens (tertiary/aromatic N) is 2. The normalized spacial score (nSPS) is 13.3. The van der Waals surface area contributed by atoms with Crippen LogP contribution in [-0.4, -0.2) is 46.2 Å². The molecule has 5 nitrogen and oxygen atoms in total. The second-order valence-corrected chi connectivity index (χ2v) is 8.44. The molecule has 1 fully saturated rings. The van der Waals surface area contributed by atoms with Crippen LogP contribution in [0.3, 0.4) is 0 Å². The Kier molecular flexibility index (Phi) is 6.70. The molecule has 0 saturated heterocycles. The third kappa shape index (κ3) is 5.35. The van der Waals surface area contributed by atoms with Crippen LogP contribution in [-0.2, 0) is 22.6 Å². The van der Waals surface area contributed by atoms with E-state index in [-0.39, 0.29) is 24.3 Å². The highest BCUT2D eigenvalue weighted by Crippen LogP contribution is 2.31. The van der Waals surface area contributed by atoms with Crippen molar-refractivity contribution in [2.45, 2.75) is 39.2 Å². The van der Waals surface area contributed by atoms with Gasteiger partial charge in [-0.3, -0.25) is 9.59 Å². The Morgan fingerprint density at radius 2 is 1.71 bits per heavy atom. The molecule has 4 rings (SSSR count). The largest absolute Gasteiger partial charge is 0.361 e. The molecular formula is C26H31N3O2. The van der Waals surface area contributed by atoms with Gasteiger partial charge >= 0.3 is 0 Å². The van der Waals surface area contributed by atoms with Gasteiger partial charge < -0.3 is 14.8 Å². The van der Waals surface area contributed by atoms with Gasteiger partial charge in [0.15, 0.2) is 0 Å². The predicted octanol–water partition coefficient (Wildman–Crippen LogP) is 4.39. The zero-order valence-corrected chi connectivity index (χ0v) is 18.2. The minimum Gasteiger partial charge on any atom is -0.361 e. The van der Waals surface area contributed by atoms with Crippen LogP contribution < -0.4 is 0 Å². The molecule has 5 heteroatoms. The molecule has 3 aromatic rings. The van der Waals surface area contributed by atoms with Crippen molar-refractivity contribution in [1.29, 1.82) is 0 Å². The van der Waals surface area contributed by atoms with Gasteiger partial charge in [0, 0.05) is 42.7 Å². The summed E-state index contributed by atoms with van der Waals surface area (Å²) >= 11 is 0. The molecule has 2 aromatic carbocycles. The number of aromatic nitrogens is 1. The summed E-state index contributed by atoms with van der Waals surface area (Å²) < 4.78 is 0. The van der Waals surface area contributed by atoms with Crippen LogP contribution in [0.4, 0.5) is 0 Å². The van der Waals surface area contributed by atoms with Crippen molar-refractivity contribution in [2.24, 2.45) is 5.92 Å². The maximum absolute atomic E-state index is 13.3. The Balaban J connectivity index is 1.48. The number of rotatable bonds is 10. The Bertz CT molecular complexity index is 1020. The van der Waals surface area contributed by atoms with Crippen LogP contribution in [0.25, 0.3) is 10.9 Å². The van der Waals surface area contributed by atoms with E-state index in [0.717, 1.165) is 36.8 Å². The minimum atomic E-state index is 0.0196. The highest BCUT2D eigenvalue weighted by atomic mass is 16.2. The summed E-state index contributed by atoms with van der Waals surface area (Å²) in [7, 11) is 0. The van der Waals surface area contributed by atoms with E-state index < -0.39 is 0 Å². The standard InChI is InChI=1S/C26H31N3O2/c1-2-15-29(26(31)21-12-13-21)19-25(30)28(18-20-8-4-3-5-9-20)16-14-22-17-27-24-11-7-6-10-23(22)24/h3-11,17,21,27H,2,12-16,18-19H2,1H3. The number of hydrogen-bond acceptors (Lipinski definition) is 2. The summed E-state index contributed by atoms with van der Waals surface area (Å²) in [6.45, 7) is 4.04. The number of para-hydroxylation sites is 1. The van der Waals surface area contributed by atoms with E-state index >= 15 is 0 Å². The van der Waals surface area contributed by atoms with Gasteiger partial charge in [0.25, 0.3) is 0 Å². The van der Waals surface area contributed by atoms with Gasteiger partial charge in [0.05, 0.1) is 6.54 Å². The fourth-order valence-corrected chi connectivity index (χ4v) is 4.08. The maximum Gasteiger partial charge on any atom is 0.242 e. The third-order valence-electron chi connectivity index (χ3n) is 5.95. The molecule has 162 valence electrons. The average molecular weight is 418 g/mol. The fourth-order valence-electron chi connectivity index (χ4n) is 4.08. The minimum absolute atomic E-state index is 0.0196. The van der Waals surface area contributed by atoms with Crippen LogP contribution in [0.15, 0.2) is 60.8 Å². The van der Waals surface area contributed by atoms with Crippen LogP contribution in [0.2, 0.25) is 0 Å². The number of hydrogen-bond donors (Lipinski definition) is 1. The van der Waals surface area contributed by atoms with Crippen LogP contribution >= 0.6 is 0 Å². The van der Waals surface area contributed by atoms with E-state index in [0.29, 0.717) is 19.6 Å². The molecule has 1 aromatic heterocycles. The van der Waals surface area contributed by atoms with E-state index in [4.69, 9.17) is 0 Å². The topological polar surface area (TPSA) is 56.4 Å². The molecule has 1 saturated carbocycles. The van der Waals surface area contributed by atoms with E-state index in [1.54, 1.807) is 4.90 Å². The summed E-state index contributed by atoms with van der Waals surface area (Å²) in [5.41, 5.74) is 3.42. The number of benzene rings is 2. The van der Waals surface area contributed by atoms with Crippen LogP contribution in [0.1, 0.15) is 37.3 Å². The second kappa shape index (κ2) is 9.82. The van der Waals surface area contributed by atoms with Crippen LogP contribution in [0.5, 0.6) is 0 Å². The molecule has 1 aliphatic rings. The monoisotopic (exact) mass is 417 g/mol. The van der Waals surface area contributed by atoms with Crippen molar-refractivity contribution in [2.75, 3.05) is 19.6 Å². The quantitative estimate of drug-likeness (QED) is 0.532. The Morgan fingerprint density at radius 1 is 0.968 bits per heavy atom. The molecule has 0 spiro atoms. The lowest BCUT2D eigenvalue weighted by Gasteiger charge is -2.28. The average Bonchev–Trinajstić information content (AvgIpc) is 3.57. The van der Waals surface area contributed by atoms with Gasteiger partial charge in [0.1, 0.15) is 0 Å². The highest BCUT2D eigenvalue weighted by Gasteiger charge is 2.34. The first-order valence-corrected chi connectivity index (χ1v) is 11.3. The lowest BCUT2D eigenvalue weighted by Crippen LogP contribution is -2.44. The Labute approximate surface area is 184 Å². The number of aromatic amines is 1. The molecule has 0 atom stereocenters. The van der Waals surface area contributed by atoms with E-state index in [2.05, 4.69) is 24.0 Å². The molecule has 0 aliphatic heterocycles. The lowest BCUT2D eigenvalue weighted by molar-refractivity contribution is -0.141. The van der Waals surface area contributed by atoms with Crippen molar-refractivity contribution in [1.82, 2.24) is 14.8 Å². The van der Waals surface area contributed by atoms with E-state index in [9.17, 15) is 9.59 Å². The maximum atomic E-state index is 13.3. The Hall–Kier alpha value is -3.08. The van der Waals surface area contributed by atoms with E-state index in [1.807, 2.05) is 53.6 Å². The third-order valence-corrected chi connectivity index (χ3v) is 5.95. The van der Waals surface area contributed by atoms with Gasteiger partial charge in [-0.05, 0) is 42.9 Å². The van der Waals surface area contributed by atoms with Gasteiger partial charge in [0.2, 0.25) is 11.8 Å². The smallest absolute Gasteiger partial charge is 0.242 e. The summed E-state index contributed by atoms with van der Waals surface area (Å²) in [6, 6.07) is 18.3. The first-order valence-electron chi connectivity index (χ1n) is 11.3. The number of nitrogens with one attached hydrogen (secondary N) is 1. The molecule has 1 N–H and O–H groups in total. The predicted molar refractivity (Wildman–Crippen MR) is 123 cm³/mol. The van der Waals surface area contributed by atoms with Gasteiger partial charge in [-0.2, -0.15) is 0 Å². The first-order chi connectivity index (χ1) is 15.2. The summed E-state index contributed by atoms with van der Waals surface area (Å²) in [5.74, 6) is 0.297. The zero-order chi connectivity index (χ0) is 21.6. The fraction of sp³-hybridized carbons (Fsp3) is 0.385. The number of fused-ring (bicyclic) bond motifs is 1. The van der Waals surface area contributed by atoms with Gasteiger partial charge in [-0.1, -0.05) is 55.5 Å².